The molecule has 1 unspecified atom stereocenters. The van der Waals surface area contributed by atoms with Crippen molar-refractivity contribution in [3.63, 3.8) is 0 Å². The summed E-state index contributed by atoms with van der Waals surface area (Å²) in [7, 11) is 0. The van der Waals surface area contributed by atoms with E-state index in [1.54, 1.807) is 0 Å². The predicted octanol–water partition coefficient (Wildman–Crippen LogP) is 1.68. The predicted molar refractivity (Wildman–Crippen MR) is 82.1 cm³/mol. The summed E-state index contributed by atoms with van der Waals surface area (Å²) in [6.07, 6.45) is 1.26. The second-order valence-electron chi connectivity index (χ2n) is 5.69. The lowest BCUT2D eigenvalue weighted by Crippen LogP contribution is -2.40. The molecule has 1 atom stereocenters. The van der Waals surface area contributed by atoms with E-state index in [0.717, 1.165) is 22.4 Å². The molecule has 2 aromatic carbocycles. The highest BCUT2D eigenvalue weighted by Gasteiger charge is 2.48. The first-order valence-electron chi connectivity index (χ1n) is 7.00. The van der Waals surface area contributed by atoms with Crippen LogP contribution in [0.4, 0.5) is 5.69 Å². The van der Waals surface area contributed by atoms with Gasteiger partial charge >= 0.3 is 0 Å². The molecule has 0 fully saturated rings. The average Bonchev–Trinajstić information content (AvgIpc) is 3.00. The van der Waals surface area contributed by atoms with E-state index < -0.39 is 5.54 Å². The number of aliphatic imine (C=N–C) groups is 1. The molecule has 1 aliphatic carbocycles. The lowest BCUT2D eigenvalue weighted by molar-refractivity contribution is -0.123. The van der Waals surface area contributed by atoms with E-state index in [1.165, 1.54) is 0 Å². The number of rotatable bonds is 1. The van der Waals surface area contributed by atoms with Gasteiger partial charge in [0.25, 0.3) is 5.91 Å². The van der Waals surface area contributed by atoms with Crippen molar-refractivity contribution in [1.29, 1.82) is 0 Å². The topological polar surface area (TPSA) is 67.5 Å². The Hall–Kier alpha value is -2.62. The summed E-state index contributed by atoms with van der Waals surface area (Å²) in [4.78, 5) is 17.2. The van der Waals surface area contributed by atoms with Gasteiger partial charge in [-0.15, -0.1) is 0 Å². The number of carbonyl (C=O) groups is 1. The zero-order valence-corrected chi connectivity index (χ0v) is 11.5. The Kier molecular flexibility index (Phi) is 2.42. The summed E-state index contributed by atoms with van der Waals surface area (Å²) in [5.41, 5.74) is 9.11. The Bertz CT molecular complexity index is 767. The number of nitrogens with two attached hydrogens (primary N) is 1. The third-order valence-corrected chi connectivity index (χ3v) is 4.22. The molecule has 1 spiro atoms. The Morgan fingerprint density at radius 1 is 1.05 bits per heavy atom. The maximum absolute atomic E-state index is 12.5. The lowest BCUT2D eigenvalue weighted by atomic mass is 9.97. The largest absolute Gasteiger partial charge is 0.399 e. The Balaban J connectivity index is 1.74. The van der Waals surface area contributed by atoms with Crippen molar-refractivity contribution < 1.29 is 4.79 Å². The highest BCUT2D eigenvalue weighted by Crippen LogP contribution is 2.36. The summed E-state index contributed by atoms with van der Waals surface area (Å²) >= 11 is 0. The molecule has 1 amide bonds. The maximum Gasteiger partial charge on any atom is 0.254 e. The molecule has 2 aromatic rings. The maximum atomic E-state index is 12.5. The molecule has 4 nitrogen and oxygen atoms in total. The van der Waals surface area contributed by atoms with Gasteiger partial charge in [-0.25, -0.2) is 0 Å². The summed E-state index contributed by atoms with van der Waals surface area (Å²) in [5.74, 6) is 0.650. The van der Waals surface area contributed by atoms with Crippen LogP contribution in [0.3, 0.4) is 0 Å². The zero-order valence-electron chi connectivity index (χ0n) is 11.5. The molecular formula is C17H15N3O. The molecule has 1 heterocycles. The quantitative estimate of drug-likeness (QED) is 0.779. The van der Waals surface area contributed by atoms with Crippen molar-refractivity contribution in [3.05, 3.63) is 65.2 Å². The Morgan fingerprint density at radius 3 is 2.62 bits per heavy atom. The molecule has 2 aliphatic rings. The Morgan fingerprint density at radius 2 is 1.81 bits per heavy atom. The molecule has 0 saturated carbocycles. The van der Waals surface area contributed by atoms with E-state index in [0.29, 0.717) is 18.7 Å². The zero-order chi connectivity index (χ0) is 14.4. The fourth-order valence-electron chi connectivity index (χ4n) is 3.16. The van der Waals surface area contributed by atoms with Crippen molar-refractivity contribution in [2.45, 2.75) is 18.4 Å². The van der Waals surface area contributed by atoms with Gasteiger partial charge in [0, 0.05) is 24.1 Å². The summed E-state index contributed by atoms with van der Waals surface area (Å²) < 4.78 is 0. The van der Waals surface area contributed by atoms with Gasteiger partial charge in [0.05, 0.1) is 0 Å². The van der Waals surface area contributed by atoms with E-state index in [1.807, 2.05) is 48.5 Å². The number of hydrogen-bond acceptors (Lipinski definition) is 3. The molecule has 0 aromatic heterocycles. The van der Waals surface area contributed by atoms with Crippen molar-refractivity contribution in [2.24, 2.45) is 4.99 Å². The van der Waals surface area contributed by atoms with Crippen LogP contribution in [0.5, 0.6) is 0 Å². The summed E-state index contributed by atoms with van der Waals surface area (Å²) in [5, 5.41) is 2.93. The first-order valence-corrected chi connectivity index (χ1v) is 7.00. The molecule has 1 aliphatic heterocycles. The van der Waals surface area contributed by atoms with Gasteiger partial charge in [-0.1, -0.05) is 36.4 Å². The fraction of sp³-hybridized carbons (Fsp3) is 0.176. The van der Waals surface area contributed by atoms with Crippen LogP contribution in [-0.2, 0) is 17.6 Å². The summed E-state index contributed by atoms with van der Waals surface area (Å²) in [6.45, 7) is 0. The minimum Gasteiger partial charge on any atom is -0.399 e. The van der Waals surface area contributed by atoms with E-state index >= 15 is 0 Å². The minimum atomic E-state index is -0.693. The number of amides is 1. The van der Waals surface area contributed by atoms with Crippen LogP contribution < -0.4 is 11.1 Å². The van der Waals surface area contributed by atoms with Crippen LogP contribution in [0.15, 0.2) is 53.5 Å². The van der Waals surface area contributed by atoms with Crippen LogP contribution in [0.2, 0.25) is 0 Å². The lowest BCUT2D eigenvalue weighted by Gasteiger charge is -2.14. The van der Waals surface area contributed by atoms with Gasteiger partial charge in [-0.05, 0) is 23.3 Å². The van der Waals surface area contributed by atoms with Crippen molar-refractivity contribution in [2.75, 3.05) is 5.73 Å². The van der Waals surface area contributed by atoms with Crippen molar-refractivity contribution >= 4 is 17.4 Å². The number of nitrogen functional groups attached to an aromatic ring is 1. The number of nitrogens with zero attached hydrogens (tertiary/aromatic N) is 1. The minimum absolute atomic E-state index is 0.0175. The second-order valence-corrected chi connectivity index (χ2v) is 5.69. The fourth-order valence-corrected chi connectivity index (χ4v) is 3.16. The van der Waals surface area contributed by atoms with E-state index in [9.17, 15) is 4.79 Å². The number of benzene rings is 2. The summed E-state index contributed by atoms with van der Waals surface area (Å²) in [6, 6.07) is 15.6. The normalized spacial score (nSPS) is 23.0. The molecule has 0 saturated heterocycles. The third-order valence-electron chi connectivity index (χ3n) is 4.22. The molecule has 104 valence electrons. The van der Waals surface area contributed by atoms with Gasteiger partial charge in [0.15, 0.2) is 0 Å². The molecule has 4 rings (SSSR count). The van der Waals surface area contributed by atoms with Crippen LogP contribution in [0.25, 0.3) is 0 Å². The number of fused-ring (bicyclic) bond motifs is 1. The molecular weight excluding hydrogens is 262 g/mol. The Labute approximate surface area is 122 Å². The number of nitrogens with one attached hydrogen (secondary N) is 1. The monoisotopic (exact) mass is 277 g/mol. The van der Waals surface area contributed by atoms with Crippen molar-refractivity contribution in [3.8, 4) is 0 Å². The number of amidine groups is 1. The standard InChI is InChI=1S/C17H15N3O/c18-14-7-6-12-9-17(10-13(12)8-14)16(21)19-15(20-17)11-4-2-1-3-5-11/h1-8H,9-10,18H2,(H,19,20,21). The smallest absolute Gasteiger partial charge is 0.254 e. The molecule has 3 N–H and O–H groups in total. The van der Waals surface area contributed by atoms with Gasteiger partial charge in [-0.3, -0.25) is 9.79 Å². The SMILES string of the molecule is Nc1ccc2c(c1)CC1(C2)N=C(c2ccccc2)NC1=O. The van der Waals surface area contributed by atoms with Gasteiger partial charge in [0.2, 0.25) is 0 Å². The molecule has 0 bridgehead atoms. The molecule has 0 radical (unpaired) electrons. The highest BCUT2D eigenvalue weighted by molar-refractivity contribution is 6.15. The van der Waals surface area contributed by atoms with Gasteiger partial charge in [0.1, 0.15) is 11.4 Å². The number of hydrogen-bond donors (Lipinski definition) is 2. The van der Waals surface area contributed by atoms with Crippen LogP contribution in [-0.4, -0.2) is 17.3 Å². The highest BCUT2D eigenvalue weighted by atomic mass is 16.2. The molecule has 4 heteroatoms. The number of anilines is 1. The van der Waals surface area contributed by atoms with Gasteiger partial charge in [-0.2, -0.15) is 0 Å². The van der Waals surface area contributed by atoms with Crippen molar-refractivity contribution in [1.82, 2.24) is 5.32 Å². The van der Waals surface area contributed by atoms with E-state index in [2.05, 4.69) is 5.32 Å². The molecule has 21 heavy (non-hydrogen) atoms. The second kappa shape index (κ2) is 4.19. The third kappa shape index (κ3) is 1.83. The van der Waals surface area contributed by atoms with E-state index in [4.69, 9.17) is 10.7 Å². The van der Waals surface area contributed by atoms with Gasteiger partial charge < -0.3 is 11.1 Å². The first kappa shape index (κ1) is 12.1. The average molecular weight is 277 g/mol. The number of carbonyl (C=O) groups excluding carboxylic acids is 1. The van der Waals surface area contributed by atoms with Crippen LogP contribution in [0.1, 0.15) is 16.7 Å². The van der Waals surface area contributed by atoms with Crippen LogP contribution in [0, 0.1) is 0 Å². The first-order chi connectivity index (χ1) is 10.2. The van der Waals surface area contributed by atoms with E-state index in [-0.39, 0.29) is 5.91 Å². The van der Waals surface area contributed by atoms with Crippen LogP contribution >= 0.6 is 0 Å².